The molecular weight excluding hydrogens is 306 g/mol. The first-order chi connectivity index (χ1) is 10.4. The maximum Gasteiger partial charge on any atom is 0.105 e. The molecule has 0 aliphatic heterocycles. The summed E-state index contributed by atoms with van der Waals surface area (Å²) >= 11 is 0. The molecule has 4 N–H and O–H groups in total. The van der Waals surface area contributed by atoms with E-state index < -0.39 is 0 Å². The fourth-order valence-electron chi connectivity index (χ4n) is 2.92. The minimum absolute atomic E-state index is 0. The van der Waals surface area contributed by atoms with E-state index in [1.165, 1.54) is 89.9 Å². The Morgan fingerprint density at radius 2 is 1.17 bits per heavy atom. The summed E-state index contributed by atoms with van der Waals surface area (Å²) < 4.78 is 0. The van der Waals surface area contributed by atoms with E-state index in [9.17, 15) is 0 Å². The average Bonchev–Trinajstić information content (AvgIpc) is 3.01. The molecule has 0 atom stereocenters. The third kappa shape index (κ3) is 16.1. The van der Waals surface area contributed by atoms with Crippen LogP contribution in [0, 0.1) is 0 Å². The molecule has 0 saturated heterocycles. The molecule has 0 spiro atoms. The third-order valence-corrected chi connectivity index (χ3v) is 4.32. The maximum atomic E-state index is 4.26. The number of imidazole rings is 1. The van der Waals surface area contributed by atoms with Crippen molar-refractivity contribution in [3.8, 4) is 0 Å². The number of aromatic amines is 1. The van der Waals surface area contributed by atoms with Crippen molar-refractivity contribution in [3.05, 3.63) is 18.2 Å². The molecule has 0 saturated carbocycles. The molecule has 1 aromatic rings. The highest BCUT2D eigenvalue weighted by molar-refractivity contribution is 5.85. The first-order valence-corrected chi connectivity index (χ1v) is 9.41. The fraction of sp³-hybridized carbons (Fsp3) is 0.842. The maximum absolute atomic E-state index is 4.26. The SMILES string of the molecule is CCCCCCCCCCCCCCCCc1ncc[nH]1.Cl.N. The zero-order valence-electron chi connectivity index (χ0n) is 15.3. The molecular formula is C19H40ClN3. The molecule has 0 fully saturated rings. The lowest BCUT2D eigenvalue weighted by Crippen LogP contribution is -1.88. The molecule has 0 aliphatic rings. The highest BCUT2D eigenvalue weighted by Gasteiger charge is 1.96. The second kappa shape index (κ2) is 19.5. The van der Waals surface area contributed by atoms with Crippen LogP contribution >= 0.6 is 12.4 Å². The van der Waals surface area contributed by atoms with Crippen LogP contribution in [0.3, 0.4) is 0 Å². The Balaban J connectivity index is 0. The van der Waals surface area contributed by atoms with E-state index in [1.807, 2.05) is 12.4 Å². The lowest BCUT2D eigenvalue weighted by atomic mass is 10.0. The second-order valence-corrected chi connectivity index (χ2v) is 6.38. The summed E-state index contributed by atoms with van der Waals surface area (Å²) in [5.74, 6) is 1.15. The van der Waals surface area contributed by atoms with Crippen molar-refractivity contribution < 1.29 is 0 Å². The number of unbranched alkanes of at least 4 members (excludes halogenated alkanes) is 13. The van der Waals surface area contributed by atoms with Crippen LogP contribution in [-0.2, 0) is 6.42 Å². The van der Waals surface area contributed by atoms with Gasteiger partial charge in [0.1, 0.15) is 5.82 Å². The Bertz CT molecular complexity index is 302. The zero-order chi connectivity index (χ0) is 15.0. The molecule has 0 amide bonds. The highest BCUT2D eigenvalue weighted by Crippen LogP contribution is 2.13. The van der Waals surface area contributed by atoms with Crippen molar-refractivity contribution in [2.75, 3.05) is 0 Å². The first-order valence-electron chi connectivity index (χ1n) is 9.41. The summed E-state index contributed by atoms with van der Waals surface area (Å²) in [6.07, 6.45) is 24.8. The Kier molecular flexibility index (Phi) is 21.0. The summed E-state index contributed by atoms with van der Waals surface area (Å²) in [5, 5.41) is 0. The molecule has 0 bridgehead atoms. The van der Waals surface area contributed by atoms with Crippen LogP contribution in [0.4, 0.5) is 0 Å². The van der Waals surface area contributed by atoms with Crippen LogP contribution in [-0.4, -0.2) is 9.97 Å². The lowest BCUT2D eigenvalue weighted by molar-refractivity contribution is 0.535. The van der Waals surface area contributed by atoms with Crippen LogP contribution in [0.2, 0.25) is 0 Å². The van der Waals surface area contributed by atoms with Crippen LogP contribution in [0.1, 0.15) is 103 Å². The fourth-order valence-corrected chi connectivity index (χ4v) is 2.92. The van der Waals surface area contributed by atoms with Crippen molar-refractivity contribution in [1.82, 2.24) is 16.1 Å². The largest absolute Gasteiger partial charge is 0.349 e. The molecule has 0 unspecified atom stereocenters. The minimum Gasteiger partial charge on any atom is -0.349 e. The normalized spacial score (nSPS) is 10.1. The van der Waals surface area contributed by atoms with Crippen molar-refractivity contribution in [2.45, 2.75) is 103 Å². The Morgan fingerprint density at radius 1 is 0.739 bits per heavy atom. The van der Waals surface area contributed by atoms with E-state index in [0.29, 0.717) is 0 Å². The van der Waals surface area contributed by atoms with Crippen LogP contribution in [0.15, 0.2) is 12.4 Å². The summed E-state index contributed by atoms with van der Waals surface area (Å²) in [4.78, 5) is 7.43. The van der Waals surface area contributed by atoms with Crippen LogP contribution in [0.5, 0.6) is 0 Å². The number of rotatable bonds is 15. The molecule has 4 heteroatoms. The van der Waals surface area contributed by atoms with Crippen LogP contribution < -0.4 is 6.15 Å². The molecule has 3 nitrogen and oxygen atoms in total. The number of nitrogens with zero attached hydrogens (tertiary/aromatic N) is 1. The third-order valence-electron chi connectivity index (χ3n) is 4.32. The predicted octanol–water partition coefficient (Wildman–Crippen LogP) is 7.02. The summed E-state index contributed by atoms with van der Waals surface area (Å²) in [7, 11) is 0. The van der Waals surface area contributed by atoms with Gasteiger partial charge in [-0.05, 0) is 6.42 Å². The zero-order valence-corrected chi connectivity index (χ0v) is 16.1. The van der Waals surface area contributed by atoms with Crippen molar-refractivity contribution in [1.29, 1.82) is 0 Å². The summed E-state index contributed by atoms with van der Waals surface area (Å²) in [6.45, 7) is 2.29. The van der Waals surface area contributed by atoms with Crippen LogP contribution in [0.25, 0.3) is 0 Å². The number of halogens is 1. The van der Waals surface area contributed by atoms with Gasteiger partial charge in [-0.25, -0.2) is 4.98 Å². The summed E-state index contributed by atoms with van der Waals surface area (Å²) in [5.41, 5.74) is 0. The Hall–Kier alpha value is -0.540. The van der Waals surface area contributed by atoms with E-state index in [-0.39, 0.29) is 18.6 Å². The van der Waals surface area contributed by atoms with E-state index in [1.54, 1.807) is 0 Å². The topological polar surface area (TPSA) is 63.7 Å². The van der Waals surface area contributed by atoms with Crippen molar-refractivity contribution in [3.63, 3.8) is 0 Å². The molecule has 23 heavy (non-hydrogen) atoms. The van der Waals surface area contributed by atoms with Gasteiger partial charge in [-0.15, -0.1) is 12.4 Å². The molecule has 1 heterocycles. The van der Waals surface area contributed by atoms with E-state index >= 15 is 0 Å². The van der Waals surface area contributed by atoms with Gasteiger partial charge in [0.05, 0.1) is 0 Å². The van der Waals surface area contributed by atoms with Crippen molar-refractivity contribution in [2.24, 2.45) is 0 Å². The predicted molar refractivity (Wildman–Crippen MR) is 105 cm³/mol. The van der Waals surface area contributed by atoms with Gasteiger partial charge in [-0.1, -0.05) is 90.4 Å². The van der Waals surface area contributed by atoms with Gasteiger partial charge in [-0.3, -0.25) is 0 Å². The number of aromatic nitrogens is 2. The number of hydrogen-bond donors (Lipinski definition) is 2. The minimum atomic E-state index is 0. The molecule has 0 aliphatic carbocycles. The quantitative estimate of drug-likeness (QED) is 0.335. The number of hydrogen-bond acceptors (Lipinski definition) is 2. The number of nitrogens with one attached hydrogen (secondary N) is 1. The van der Waals surface area contributed by atoms with Gasteiger partial charge in [0.15, 0.2) is 0 Å². The van der Waals surface area contributed by atoms with E-state index in [2.05, 4.69) is 16.9 Å². The van der Waals surface area contributed by atoms with E-state index in [0.717, 1.165) is 12.2 Å². The first kappa shape index (κ1) is 24.7. The van der Waals surface area contributed by atoms with Crippen molar-refractivity contribution >= 4 is 12.4 Å². The summed E-state index contributed by atoms with van der Waals surface area (Å²) in [6, 6.07) is 0. The molecule has 1 aromatic heterocycles. The highest BCUT2D eigenvalue weighted by atomic mass is 35.5. The van der Waals surface area contributed by atoms with Gasteiger partial charge in [0, 0.05) is 18.8 Å². The van der Waals surface area contributed by atoms with Gasteiger partial charge in [0.2, 0.25) is 0 Å². The lowest BCUT2D eigenvalue weighted by Gasteiger charge is -2.03. The monoisotopic (exact) mass is 345 g/mol. The smallest absolute Gasteiger partial charge is 0.105 e. The Labute approximate surface area is 150 Å². The number of H-pyrrole nitrogens is 1. The van der Waals surface area contributed by atoms with Gasteiger partial charge < -0.3 is 11.1 Å². The molecule has 1 rings (SSSR count). The van der Waals surface area contributed by atoms with Gasteiger partial charge in [-0.2, -0.15) is 0 Å². The van der Waals surface area contributed by atoms with E-state index in [4.69, 9.17) is 0 Å². The number of aryl methyl sites for hydroxylation is 1. The average molecular weight is 346 g/mol. The molecule has 138 valence electrons. The standard InChI is InChI=1S/C19H36N2.ClH.H3N/c1-2-3-4-5-6-7-8-9-10-11-12-13-14-15-16-19-20-17-18-21-19;;/h17-18H,2-16H2,1H3,(H,20,21);1H;1H3. The molecule has 0 aromatic carbocycles. The van der Waals surface area contributed by atoms with Gasteiger partial charge in [0.25, 0.3) is 0 Å². The second-order valence-electron chi connectivity index (χ2n) is 6.38. The Morgan fingerprint density at radius 3 is 1.57 bits per heavy atom. The molecule has 0 radical (unpaired) electrons. The van der Waals surface area contributed by atoms with Gasteiger partial charge >= 0.3 is 0 Å².